The molecule has 0 spiro atoms. The zero-order valence-corrected chi connectivity index (χ0v) is 23.6. The number of aliphatic hydroxyl groups excluding tert-OH is 1. The van der Waals surface area contributed by atoms with Crippen molar-refractivity contribution in [3.8, 4) is 5.75 Å². The molecule has 0 radical (unpaired) electrons. The van der Waals surface area contributed by atoms with Crippen molar-refractivity contribution < 1.29 is 24.2 Å². The molecule has 216 valence electrons. The first-order chi connectivity index (χ1) is 19.2. The number of nitrogens with one attached hydrogen (secondary N) is 3. The molecule has 1 saturated carbocycles. The Kier molecular flexibility index (Phi) is 9.87. The SMILES string of the molecule is C[C@@H]1CN([C@@H](C)CO)C(=O)c2cc(NC(=O)Nc3ccccc3)ccc2O[C@@H]1CN(C)C(=O)NC1CCCCC1. The Balaban J connectivity index is 1.53. The number of carbonyl (C=O) groups is 3. The summed E-state index contributed by atoms with van der Waals surface area (Å²) in [6.45, 7) is 4.25. The predicted molar refractivity (Wildman–Crippen MR) is 155 cm³/mol. The van der Waals surface area contributed by atoms with Gasteiger partial charge in [0.05, 0.1) is 24.8 Å². The van der Waals surface area contributed by atoms with Gasteiger partial charge in [-0.05, 0) is 50.1 Å². The molecule has 10 nitrogen and oxygen atoms in total. The summed E-state index contributed by atoms with van der Waals surface area (Å²) < 4.78 is 6.39. The van der Waals surface area contributed by atoms with Crippen molar-refractivity contribution in [1.82, 2.24) is 15.1 Å². The van der Waals surface area contributed by atoms with Crippen LogP contribution in [0.1, 0.15) is 56.3 Å². The van der Waals surface area contributed by atoms with Crippen molar-refractivity contribution in [1.29, 1.82) is 0 Å². The molecule has 4 N–H and O–H groups in total. The minimum absolute atomic E-state index is 0.120. The zero-order valence-electron chi connectivity index (χ0n) is 23.6. The van der Waals surface area contributed by atoms with E-state index in [0.717, 1.165) is 25.7 Å². The summed E-state index contributed by atoms with van der Waals surface area (Å²) in [5.41, 5.74) is 1.35. The van der Waals surface area contributed by atoms with E-state index in [4.69, 9.17) is 4.74 Å². The monoisotopic (exact) mass is 551 g/mol. The molecule has 0 aromatic heterocycles. The van der Waals surface area contributed by atoms with Gasteiger partial charge in [0.2, 0.25) is 0 Å². The average molecular weight is 552 g/mol. The first-order valence-corrected chi connectivity index (χ1v) is 14.1. The number of aliphatic hydroxyl groups is 1. The molecule has 4 rings (SSSR count). The summed E-state index contributed by atoms with van der Waals surface area (Å²) in [6.07, 6.45) is 5.07. The lowest BCUT2D eigenvalue weighted by molar-refractivity contribution is 0.0366. The summed E-state index contributed by atoms with van der Waals surface area (Å²) in [6, 6.07) is 13.2. The smallest absolute Gasteiger partial charge is 0.323 e. The number of anilines is 2. The Hall–Kier alpha value is -3.79. The van der Waals surface area contributed by atoms with Crippen LogP contribution in [0.4, 0.5) is 21.0 Å². The summed E-state index contributed by atoms with van der Waals surface area (Å²) in [7, 11) is 1.76. The van der Waals surface area contributed by atoms with E-state index >= 15 is 0 Å². The van der Waals surface area contributed by atoms with Crippen LogP contribution in [0.2, 0.25) is 0 Å². The van der Waals surface area contributed by atoms with E-state index in [1.165, 1.54) is 6.42 Å². The van der Waals surface area contributed by atoms with Crippen LogP contribution in [0.3, 0.4) is 0 Å². The maximum Gasteiger partial charge on any atom is 0.323 e. The van der Waals surface area contributed by atoms with E-state index in [1.807, 2.05) is 25.1 Å². The highest BCUT2D eigenvalue weighted by molar-refractivity contribution is 6.02. The van der Waals surface area contributed by atoms with Gasteiger partial charge in [0.15, 0.2) is 0 Å². The number of hydrogen-bond donors (Lipinski definition) is 4. The molecule has 0 bridgehead atoms. The lowest BCUT2D eigenvalue weighted by atomic mass is 9.96. The van der Waals surface area contributed by atoms with E-state index in [1.54, 1.807) is 54.1 Å². The number of rotatable bonds is 7. The van der Waals surface area contributed by atoms with E-state index < -0.39 is 18.2 Å². The molecule has 0 saturated heterocycles. The van der Waals surface area contributed by atoms with Gasteiger partial charge < -0.3 is 35.6 Å². The standard InChI is InChI=1S/C30H41N5O5/c1-20-17-35(21(2)19-36)28(37)25-16-24(32-29(38)31-22-10-6-4-7-11-22)14-15-26(25)40-27(20)18-34(3)30(39)33-23-12-8-5-9-13-23/h4,6-7,10-11,14-16,20-21,23,27,36H,5,8-9,12-13,17-19H2,1-3H3,(H,33,39)(H2,31,32,38)/t20-,21+,27-/m1/s1. The maximum absolute atomic E-state index is 13.7. The molecule has 2 aromatic carbocycles. The van der Waals surface area contributed by atoms with E-state index in [9.17, 15) is 19.5 Å². The molecular formula is C30H41N5O5. The molecule has 40 heavy (non-hydrogen) atoms. The Morgan fingerprint density at radius 1 is 1.07 bits per heavy atom. The predicted octanol–water partition coefficient (Wildman–Crippen LogP) is 4.52. The minimum atomic E-state index is -0.442. The van der Waals surface area contributed by atoms with Crippen LogP contribution >= 0.6 is 0 Å². The molecule has 5 amide bonds. The number of benzene rings is 2. The van der Waals surface area contributed by atoms with Crippen molar-refractivity contribution in [2.45, 2.75) is 64.1 Å². The van der Waals surface area contributed by atoms with Crippen LogP contribution < -0.4 is 20.7 Å². The Morgan fingerprint density at radius 3 is 2.48 bits per heavy atom. The molecule has 3 atom stereocenters. The van der Waals surface area contributed by atoms with Gasteiger partial charge in [0.25, 0.3) is 5.91 Å². The van der Waals surface area contributed by atoms with Crippen molar-refractivity contribution in [2.24, 2.45) is 5.92 Å². The quantitative estimate of drug-likeness (QED) is 0.403. The third kappa shape index (κ3) is 7.44. The van der Waals surface area contributed by atoms with Crippen LogP contribution in [-0.2, 0) is 0 Å². The second-order valence-corrected chi connectivity index (χ2v) is 10.9. The third-order valence-corrected chi connectivity index (χ3v) is 7.69. The van der Waals surface area contributed by atoms with E-state index in [0.29, 0.717) is 30.2 Å². The topological polar surface area (TPSA) is 123 Å². The molecule has 10 heteroatoms. The molecule has 2 aromatic rings. The lowest BCUT2D eigenvalue weighted by Gasteiger charge is -2.38. The largest absolute Gasteiger partial charge is 0.487 e. The fourth-order valence-corrected chi connectivity index (χ4v) is 5.22. The van der Waals surface area contributed by atoms with E-state index in [-0.39, 0.29) is 36.1 Å². The normalized spacial score (nSPS) is 20.3. The highest BCUT2D eigenvalue weighted by atomic mass is 16.5. The second kappa shape index (κ2) is 13.5. The van der Waals surface area contributed by atoms with E-state index in [2.05, 4.69) is 16.0 Å². The Labute approximate surface area is 236 Å². The van der Waals surface area contributed by atoms with Gasteiger partial charge in [-0.25, -0.2) is 9.59 Å². The minimum Gasteiger partial charge on any atom is -0.487 e. The number of ether oxygens (including phenoxy) is 1. The van der Waals surface area contributed by atoms with Crippen LogP contribution in [0.15, 0.2) is 48.5 Å². The number of likely N-dealkylation sites (N-methyl/N-ethyl adjacent to an activating group) is 1. The number of nitrogens with zero attached hydrogens (tertiary/aromatic N) is 2. The number of urea groups is 2. The Bertz CT molecular complexity index is 1170. The molecule has 2 aliphatic rings. The number of hydrogen-bond acceptors (Lipinski definition) is 5. The highest BCUT2D eigenvalue weighted by Gasteiger charge is 2.34. The fourth-order valence-electron chi connectivity index (χ4n) is 5.22. The highest BCUT2D eigenvalue weighted by Crippen LogP contribution is 2.31. The van der Waals surface area contributed by atoms with Gasteiger partial charge in [0, 0.05) is 36.9 Å². The molecule has 1 heterocycles. The van der Waals surface area contributed by atoms with Gasteiger partial charge >= 0.3 is 12.1 Å². The summed E-state index contributed by atoms with van der Waals surface area (Å²) in [5.74, 6) is -0.0466. The number of carbonyl (C=O) groups excluding carboxylic acids is 3. The first-order valence-electron chi connectivity index (χ1n) is 14.1. The number of amides is 5. The molecule has 1 aliphatic heterocycles. The number of fused-ring (bicyclic) bond motifs is 1. The van der Waals surface area contributed by atoms with Gasteiger partial charge in [-0.1, -0.05) is 44.4 Å². The van der Waals surface area contributed by atoms with Crippen molar-refractivity contribution in [2.75, 3.05) is 37.4 Å². The maximum atomic E-state index is 13.7. The third-order valence-electron chi connectivity index (χ3n) is 7.69. The lowest BCUT2D eigenvalue weighted by Crippen LogP contribution is -2.52. The summed E-state index contributed by atoms with van der Waals surface area (Å²) in [4.78, 5) is 42.5. The van der Waals surface area contributed by atoms with Crippen LogP contribution in [0.25, 0.3) is 0 Å². The van der Waals surface area contributed by atoms with Gasteiger partial charge in [0.1, 0.15) is 11.9 Å². The van der Waals surface area contributed by atoms with Crippen molar-refractivity contribution in [3.05, 3.63) is 54.1 Å². The van der Waals surface area contributed by atoms with Crippen LogP contribution in [0, 0.1) is 5.92 Å². The molecule has 0 unspecified atom stereocenters. The molecule has 1 aliphatic carbocycles. The van der Waals surface area contributed by atoms with Crippen LogP contribution in [-0.4, -0.2) is 77.8 Å². The second-order valence-electron chi connectivity index (χ2n) is 10.9. The zero-order chi connectivity index (χ0) is 28.6. The van der Waals surface area contributed by atoms with Gasteiger partial charge in [-0.15, -0.1) is 0 Å². The Morgan fingerprint density at radius 2 is 1.77 bits per heavy atom. The van der Waals surface area contributed by atoms with Gasteiger partial charge in [-0.3, -0.25) is 4.79 Å². The van der Waals surface area contributed by atoms with Crippen LogP contribution in [0.5, 0.6) is 5.75 Å². The van der Waals surface area contributed by atoms with Gasteiger partial charge in [-0.2, -0.15) is 0 Å². The fraction of sp³-hybridized carbons (Fsp3) is 0.500. The summed E-state index contributed by atoms with van der Waals surface area (Å²) >= 11 is 0. The average Bonchev–Trinajstić information content (AvgIpc) is 2.95. The number of para-hydroxylation sites is 1. The first kappa shape index (κ1) is 29.2. The molecular weight excluding hydrogens is 510 g/mol. The summed E-state index contributed by atoms with van der Waals surface area (Å²) in [5, 5.41) is 18.6. The van der Waals surface area contributed by atoms with Crippen molar-refractivity contribution >= 4 is 29.3 Å². The molecule has 1 fully saturated rings. The van der Waals surface area contributed by atoms with Crippen molar-refractivity contribution in [3.63, 3.8) is 0 Å².